The Labute approximate surface area is 132 Å². The Morgan fingerprint density at radius 3 is 2.32 bits per heavy atom. The van der Waals surface area contributed by atoms with Crippen molar-refractivity contribution in [2.75, 3.05) is 6.54 Å². The summed E-state index contributed by atoms with van der Waals surface area (Å²) in [6.45, 7) is 8.41. The van der Waals surface area contributed by atoms with Gasteiger partial charge in [-0.3, -0.25) is 4.79 Å². The summed E-state index contributed by atoms with van der Waals surface area (Å²) in [5, 5.41) is 5.50. The molecule has 0 atom stereocenters. The molecule has 0 saturated heterocycles. The normalized spacial score (nSPS) is 10.9. The maximum atomic E-state index is 11.7. The van der Waals surface area contributed by atoms with Gasteiger partial charge < -0.3 is 15.4 Å². The summed E-state index contributed by atoms with van der Waals surface area (Å²) in [5.74, 6) is -0.0217. The molecule has 2 N–H and O–H groups in total. The Bertz CT molecular complexity index is 490. The number of nitrogens with one attached hydrogen (secondary N) is 2. The van der Waals surface area contributed by atoms with Gasteiger partial charge in [0, 0.05) is 19.5 Å². The van der Waals surface area contributed by atoms with E-state index in [2.05, 4.69) is 10.6 Å². The van der Waals surface area contributed by atoms with Gasteiger partial charge >= 0.3 is 6.09 Å². The van der Waals surface area contributed by atoms with Gasteiger partial charge in [0.1, 0.15) is 5.60 Å². The third kappa shape index (κ3) is 8.29. The summed E-state index contributed by atoms with van der Waals surface area (Å²) in [5.41, 5.74) is 1.77. The molecule has 0 bridgehead atoms. The smallest absolute Gasteiger partial charge is 0.407 e. The number of benzene rings is 1. The maximum Gasteiger partial charge on any atom is 0.407 e. The Kier molecular flexibility index (Phi) is 6.89. The third-order valence-corrected chi connectivity index (χ3v) is 2.86. The highest BCUT2D eigenvalue weighted by molar-refractivity contribution is 5.76. The number of carbonyl (C=O) groups is 2. The molecule has 0 unspecified atom stereocenters. The fourth-order valence-electron chi connectivity index (χ4n) is 1.75. The summed E-state index contributed by atoms with van der Waals surface area (Å²) >= 11 is 0. The van der Waals surface area contributed by atoms with E-state index >= 15 is 0 Å². The number of hydrogen-bond donors (Lipinski definition) is 2. The number of alkyl carbamates (subject to hydrolysis) is 1. The van der Waals surface area contributed by atoms with E-state index < -0.39 is 11.7 Å². The van der Waals surface area contributed by atoms with Crippen LogP contribution in [-0.4, -0.2) is 24.1 Å². The highest BCUT2D eigenvalue weighted by Crippen LogP contribution is 2.06. The van der Waals surface area contributed by atoms with E-state index in [0.717, 1.165) is 5.56 Å². The lowest BCUT2D eigenvalue weighted by atomic mass is 10.1. The lowest BCUT2D eigenvalue weighted by molar-refractivity contribution is -0.121. The topological polar surface area (TPSA) is 67.4 Å². The zero-order chi connectivity index (χ0) is 16.6. The fraction of sp³-hybridized carbons (Fsp3) is 0.529. The summed E-state index contributed by atoms with van der Waals surface area (Å²) in [4.78, 5) is 23.1. The molecule has 22 heavy (non-hydrogen) atoms. The molecule has 0 aliphatic heterocycles. The van der Waals surface area contributed by atoms with Crippen molar-refractivity contribution in [3.63, 3.8) is 0 Å². The molecule has 0 spiro atoms. The van der Waals surface area contributed by atoms with Crippen molar-refractivity contribution < 1.29 is 14.3 Å². The van der Waals surface area contributed by atoms with E-state index in [1.807, 2.05) is 52.0 Å². The number of ether oxygens (including phenoxy) is 1. The minimum Gasteiger partial charge on any atom is -0.444 e. The van der Waals surface area contributed by atoms with Crippen LogP contribution in [0.2, 0.25) is 0 Å². The van der Waals surface area contributed by atoms with Crippen molar-refractivity contribution in [2.24, 2.45) is 0 Å². The van der Waals surface area contributed by atoms with Gasteiger partial charge in [0.25, 0.3) is 0 Å². The van der Waals surface area contributed by atoms with Crippen LogP contribution in [0.25, 0.3) is 0 Å². The Hall–Kier alpha value is -2.04. The SMILES string of the molecule is Cc1ccc(CNC(=O)CCCNC(=O)OC(C)(C)C)cc1. The molecule has 5 heteroatoms. The molecule has 1 rings (SSSR count). The molecule has 1 aromatic rings. The van der Waals surface area contributed by atoms with Crippen LogP contribution < -0.4 is 10.6 Å². The monoisotopic (exact) mass is 306 g/mol. The number of aryl methyl sites for hydroxylation is 1. The third-order valence-electron chi connectivity index (χ3n) is 2.86. The number of carbonyl (C=O) groups excluding carboxylic acids is 2. The molecule has 0 aliphatic carbocycles. The summed E-state index contributed by atoms with van der Waals surface area (Å²) in [6, 6.07) is 8.04. The molecule has 5 nitrogen and oxygen atoms in total. The van der Waals surface area contributed by atoms with E-state index in [4.69, 9.17) is 4.74 Å². The van der Waals surface area contributed by atoms with Crippen molar-refractivity contribution in [3.8, 4) is 0 Å². The second kappa shape index (κ2) is 8.41. The van der Waals surface area contributed by atoms with E-state index in [0.29, 0.717) is 25.9 Å². The van der Waals surface area contributed by atoms with Crippen LogP contribution >= 0.6 is 0 Å². The first kappa shape index (κ1) is 18.0. The Morgan fingerprint density at radius 2 is 1.73 bits per heavy atom. The van der Waals surface area contributed by atoms with Crippen LogP contribution in [0.1, 0.15) is 44.7 Å². The van der Waals surface area contributed by atoms with Crippen molar-refractivity contribution in [1.29, 1.82) is 0 Å². The van der Waals surface area contributed by atoms with Crippen LogP contribution in [0.4, 0.5) is 4.79 Å². The summed E-state index contributed by atoms with van der Waals surface area (Å²) in [7, 11) is 0. The van der Waals surface area contributed by atoms with Crippen molar-refractivity contribution in [3.05, 3.63) is 35.4 Å². The van der Waals surface area contributed by atoms with Gasteiger partial charge in [0.05, 0.1) is 0 Å². The number of hydrogen-bond acceptors (Lipinski definition) is 3. The largest absolute Gasteiger partial charge is 0.444 e. The quantitative estimate of drug-likeness (QED) is 0.794. The molecule has 0 aromatic heterocycles. The van der Waals surface area contributed by atoms with Gasteiger partial charge in [-0.1, -0.05) is 29.8 Å². The van der Waals surface area contributed by atoms with Gasteiger partial charge in [-0.15, -0.1) is 0 Å². The summed E-state index contributed by atoms with van der Waals surface area (Å²) in [6.07, 6.45) is 0.508. The van der Waals surface area contributed by atoms with Gasteiger partial charge in [-0.25, -0.2) is 4.79 Å². The number of rotatable bonds is 6. The average Bonchev–Trinajstić information content (AvgIpc) is 2.41. The van der Waals surface area contributed by atoms with Crippen LogP contribution in [-0.2, 0) is 16.1 Å². The lowest BCUT2D eigenvalue weighted by Crippen LogP contribution is -2.33. The molecule has 122 valence electrons. The standard InChI is InChI=1S/C17H26N2O3/c1-13-7-9-14(10-8-13)12-19-15(20)6-5-11-18-16(21)22-17(2,3)4/h7-10H,5-6,11-12H2,1-4H3,(H,18,21)(H,19,20). The van der Waals surface area contributed by atoms with Crippen molar-refractivity contribution in [1.82, 2.24) is 10.6 Å². The highest BCUT2D eigenvalue weighted by Gasteiger charge is 2.15. The first-order valence-corrected chi connectivity index (χ1v) is 7.55. The molecule has 1 aromatic carbocycles. The molecule has 0 fully saturated rings. The predicted octanol–water partition coefficient (Wildman–Crippen LogP) is 2.92. The van der Waals surface area contributed by atoms with Crippen LogP contribution in [0.3, 0.4) is 0 Å². The zero-order valence-electron chi connectivity index (χ0n) is 13.9. The molecular weight excluding hydrogens is 280 g/mol. The van der Waals surface area contributed by atoms with Crippen LogP contribution in [0.5, 0.6) is 0 Å². The Balaban J connectivity index is 2.13. The molecular formula is C17H26N2O3. The molecule has 0 saturated carbocycles. The van der Waals surface area contributed by atoms with Crippen LogP contribution in [0, 0.1) is 6.92 Å². The average molecular weight is 306 g/mol. The van der Waals surface area contributed by atoms with E-state index in [-0.39, 0.29) is 5.91 Å². The molecule has 0 radical (unpaired) electrons. The van der Waals surface area contributed by atoms with Gasteiger partial charge in [-0.2, -0.15) is 0 Å². The fourth-order valence-corrected chi connectivity index (χ4v) is 1.75. The highest BCUT2D eigenvalue weighted by atomic mass is 16.6. The maximum absolute atomic E-state index is 11.7. The Morgan fingerprint density at radius 1 is 1.09 bits per heavy atom. The minimum atomic E-state index is -0.504. The lowest BCUT2D eigenvalue weighted by Gasteiger charge is -2.19. The molecule has 2 amide bonds. The second-order valence-corrected chi connectivity index (χ2v) is 6.29. The summed E-state index contributed by atoms with van der Waals surface area (Å²) < 4.78 is 5.11. The molecule has 0 heterocycles. The number of amides is 2. The van der Waals surface area contributed by atoms with Gasteiger partial charge in [0.15, 0.2) is 0 Å². The van der Waals surface area contributed by atoms with Crippen molar-refractivity contribution >= 4 is 12.0 Å². The van der Waals surface area contributed by atoms with E-state index in [9.17, 15) is 9.59 Å². The molecule has 0 aliphatic rings. The van der Waals surface area contributed by atoms with Gasteiger partial charge in [-0.05, 0) is 39.7 Å². The predicted molar refractivity (Wildman–Crippen MR) is 86.5 cm³/mol. The minimum absolute atomic E-state index is 0.0217. The van der Waals surface area contributed by atoms with Crippen LogP contribution in [0.15, 0.2) is 24.3 Å². The van der Waals surface area contributed by atoms with Gasteiger partial charge in [0.2, 0.25) is 5.91 Å². The first-order valence-electron chi connectivity index (χ1n) is 7.55. The van der Waals surface area contributed by atoms with E-state index in [1.54, 1.807) is 0 Å². The van der Waals surface area contributed by atoms with Crippen molar-refractivity contribution in [2.45, 2.75) is 52.7 Å². The zero-order valence-corrected chi connectivity index (χ0v) is 13.9. The second-order valence-electron chi connectivity index (χ2n) is 6.29. The van der Waals surface area contributed by atoms with E-state index in [1.165, 1.54) is 5.56 Å². The first-order chi connectivity index (χ1) is 10.3.